The molecule has 1 aromatic rings. The van der Waals surface area contributed by atoms with Gasteiger partial charge in [0.2, 0.25) is 0 Å². The van der Waals surface area contributed by atoms with Crippen LogP contribution >= 0.6 is 0 Å². The van der Waals surface area contributed by atoms with E-state index >= 15 is 0 Å². The molecule has 0 saturated carbocycles. The van der Waals surface area contributed by atoms with E-state index in [0.717, 1.165) is 19.3 Å². The first-order valence-corrected chi connectivity index (χ1v) is 4.43. The molecule has 1 aromatic heterocycles. The SMILES string of the molecule is [CH2]CCCCC(=O)c1cnccn1. The van der Waals surface area contributed by atoms with E-state index in [9.17, 15) is 4.79 Å². The molecule has 0 atom stereocenters. The van der Waals surface area contributed by atoms with Crippen molar-refractivity contribution >= 4 is 5.78 Å². The monoisotopic (exact) mass is 177 g/mol. The van der Waals surface area contributed by atoms with Gasteiger partial charge in [0, 0.05) is 18.8 Å². The second-order valence-corrected chi connectivity index (χ2v) is 2.82. The van der Waals surface area contributed by atoms with Crippen LogP contribution < -0.4 is 0 Å². The Kier molecular flexibility index (Phi) is 4.09. The molecule has 69 valence electrons. The van der Waals surface area contributed by atoms with Crippen LogP contribution in [0, 0.1) is 6.92 Å². The summed E-state index contributed by atoms with van der Waals surface area (Å²) in [5.41, 5.74) is 0.464. The van der Waals surface area contributed by atoms with Crippen LogP contribution in [0.2, 0.25) is 0 Å². The van der Waals surface area contributed by atoms with Gasteiger partial charge in [0.25, 0.3) is 0 Å². The van der Waals surface area contributed by atoms with E-state index in [0.29, 0.717) is 12.1 Å². The molecule has 0 aliphatic rings. The third-order valence-corrected chi connectivity index (χ3v) is 1.75. The number of rotatable bonds is 5. The Morgan fingerprint density at radius 1 is 1.38 bits per heavy atom. The summed E-state index contributed by atoms with van der Waals surface area (Å²) in [6.07, 6.45) is 7.92. The van der Waals surface area contributed by atoms with E-state index in [1.54, 1.807) is 6.20 Å². The lowest BCUT2D eigenvalue weighted by Gasteiger charge is -1.97. The maximum Gasteiger partial charge on any atom is 0.182 e. The van der Waals surface area contributed by atoms with Crippen LogP contribution in [0.15, 0.2) is 18.6 Å². The number of hydrogen-bond acceptors (Lipinski definition) is 3. The molecule has 0 spiro atoms. The van der Waals surface area contributed by atoms with Crippen LogP contribution in [-0.4, -0.2) is 15.8 Å². The van der Waals surface area contributed by atoms with Crippen molar-refractivity contribution in [2.75, 3.05) is 0 Å². The minimum Gasteiger partial charge on any atom is -0.292 e. The number of ketones is 1. The summed E-state index contributed by atoms with van der Waals surface area (Å²) in [6, 6.07) is 0. The van der Waals surface area contributed by atoms with Gasteiger partial charge < -0.3 is 0 Å². The summed E-state index contributed by atoms with van der Waals surface area (Å²) in [6.45, 7) is 3.72. The molecular weight excluding hydrogens is 164 g/mol. The van der Waals surface area contributed by atoms with Gasteiger partial charge in [-0.25, -0.2) is 4.98 Å². The van der Waals surface area contributed by atoms with Crippen molar-refractivity contribution in [3.8, 4) is 0 Å². The molecule has 0 amide bonds. The van der Waals surface area contributed by atoms with Crippen molar-refractivity contribution in [2.24, 2.45) is 0 Å². The van der Waals surface area contributed by atoms with Gasteiger partial charge in [-0.05, 0) is 6.42 Å². The smallest absolute Gasteiger partial charge is 0.182 e. The van der Waals surface area contributed by atoms with E-state index < -0.39 is 0 Å². The number of hydrogen-bond donors (Lipinski definition) is 0. The summed E-state index contributed by atoms with van der Waals surface area (Å²) in [4.78, 5) is 19.2. The molecule has 13 heavy (non-hydrogen) atoms. The van der Waals surface area contributed by atoms with E-state index in [1.165, 1.54) is 12.4 Å². The van der Waals surface area contributed by atoms with Crippen molar-refractivity contribution in [2.45, 2.75) is 25.7 Å². The zero-order valence-corrected chi connectivity index (χ0v) is 7.57. The van der Waals surface area contributed by atoms with Crippen molar-refractivity contribution < 1.29 is 4.79 Å². The van der Waals surface area contributed by atoms with Gasteiger partial charge in [-0.15, -0.1) is 0 Å². The standard InChI is InChI=1S/C10H13N2O/c1-2-3-4-5-10(13)9-8-11-6-7-12-9/h6-8H,1-5H2. The first-order chi connectivity index (χ1) is 6.34. The Morgan fingerprint density at radius 2 is 2.23 bits per heavy atom. The molecule has 0 bridgehead atoms. The molecule has 0 aliphatic heterocycles. The summed E-state index contributed by atoms with van der Waals surface area (Å²) in [7, 11) is 0. The van der Waals surface area contributed by atoms with E-state index in [-0.39, 0.29) is 5.78 Å². The van der Waals surface area contributed by atoms with E-state index in [2.05, 4.69) is 16.9 Å². The Bertz CT molecular complexity index is 259. The van der Waals surface area contributed by atoms with Crippen molar-refractivity contribution in [3.63, 3.8) is 0 Å². The maximum absolute atomic E-state index is 11.4. The Labute approximate surface area is 78.2 Å². The number of carbonyl (C=O) groups is 1. The zero-order chi connectivity index (χ0) is 9.52. The van der Waals surface area contributed by atoms with Crippen molar-refractivity contribution in [1.29, 1.82) is 0 Å². The lowest BCUT2D eigenvalue weighted by Crippen LogP contribution is -2.01. The molecule has 0 unspecified atom stereocenters. The number of Topliss-reactive ketones (excluding diaryl/α,β-unsaturated/α-hetero) is 1. The molecule has 3 heteroatoms. The highest BCUT2D eigenvalue weighted by atomic mass is 16.1. The van der Waals surface area contributed by atoms with Gasteiger partial charge in [-0.3, -0.25) is 9.78 Å². The highest BCUT2D eigenvalue weighted by Crippen LogP contribution is 2.04. The van der Waals surface area contributed by atoms with Crippen molar-refractivity contribution in [3.05, 3.63) is 31.2 Å². The highest BCUT2D eigenvalue weighted by Gasteiger charge is 2.05. The molecule has 0 N–H and O–H groups in total. The second kappa shape index (κ2) is 5.41. The van der Waals surface area contributed by atoms with Gasteiger partial charge in [0.1, 0.15) is 5.69 Å². The van der Waals surface area contributed by atoms with Gasteiger partial charge in [-0.2, -0.15) is 0 Å². The normalized spacial score (nSPS) is 9.92. The summed E-state index contributed by atoms with van der Waals surface area (Å²) in [5.74, 6) is 0.0709. The first kappa shape index (κ1) is 9.84. The summed E-state index contributed by atoms with van der Waals surface area (Å²) >= 11 is 0. The minimum absolute atomic E-state index is 0.0709. The second-order valence-electron chi connectivity index (χ2n) is 2.82. The largest absolute Gasteiger partial charge is 0.292 e. The quantitative estimate of drug-likeness (QED) is 0.510. The fourth-order valence-electron chi connectivity index (χ4n) is 1.03. The first-order valence-electron chi connectivity index (χ1n) is 4.43. The Balaban J connectivity index is 2.40. The molecule has 0 aliphatic carbocycles. The van der Waals surface area contributed by atoms with Gasteiger partial charge in [-0.1, -0.05) is 19.8 Å². The predicted octanol–water partition coefficient (Wildman–Crippen LogP) is 2.05. The molecule has 0 fully saturated rings. The van der Waals surface area contributed by atoms with E-state index in [4.69, 9.17) is 0 Å². The topological polar surface area (TPSA) is 42.9 Å². The van der Waals surface area contributed by atoms with Gasteiger partial charge >= 0.3 is 0 Å². The third-order valence-electron chi connectivity index (χ3n) is 1.75. The van der Waals surface area contributed by atoms with Gasteiger partial charge in [0.05, 0.1) is 6.20 Å². The Morgan fingerprint density at radius 3 is 2.85 bits per heavy atom. The average molecular weight is 177 g/mol. The molecule has 1 heterocycles. The molecular formula is C10H13N2O. The Hall–Kier alpha value is -1.25. The van der Waals surface area contributed by atoms with Gasteiger partial charge in [0.15, 0.2) is 5.78 Å². The van der Waals surface area contributed by atoms with E-state index in [1.807, 2.05) is 0 Å². The number of unbranched alkanes of at least 4 members (excludes halogenated alkanes) is 2. The molecule has 3 nitrogen and oxygen atoms in total. The molecule has 0 aromatic carbocycles. The van der Waals surface area contributed by atoms with Crippen LogP contribution in [0.25, 0.3) is 0 Å². The zero-order valence-electron chi connectivity index (χ0n) is 7.57. The highest BCUT2D eigenvalue weighted by molar-refractivity contribution is 5.93. The lowest BCUT2D eigenvalue weighted by molar-refractivity contribution is 0.0974. The minimum atomic E-state index is 0.0709. The van der Waals surface area contributed by atoms with Crippen molar-refractivity contribution in [1.82, 2.24) is 9.97 Å². The van der Waals surface area contributed by atoms with Crippen LogP contribution in [0.4, 0.5) is 0 Å². The third kappa shape index (κ3) is 3.32. The fraction of sp³-hybridized carbons (Fsp3) is 0.400. The van der Waals surface area contributed by atoms with Crippen LogP contribution in [0.3, 0.4) is 0 Å². The van der Waals surface area contributed by atoms with Crippen LogP contribution in [0.5, 0.6) is 0 Å². The summed E-state index contributed by atoms with van der Waals surface area (Å²) in [5, 5.41) is 0. The average Bonchev–Trinajstić information content (AvgIpc) is 2.19. The molecule has 1 rings (SSSR count). The van der Waals surface area contributed by atoms with Crippen LogP contribution in [-0.2, 0) is 0 Å². The number of nitrogens with zero attached hydrogens (tertiary/aromatic N) is 2. The summed E-state index contributed by atoms with van der Waals surface area (Å²) < 4.78 is 0. The maximum atomic E-state index is 11.4. The predicted molar refractivity (Wildman–Crippen MR) is 50.2 cm³/mol. The number of aromatic nitrogens is 2. The molecule has 0 saturated heterocycles. The lowest BCUT2D eigenvalue weighted by atomic mass is 10.1. The molecule has 1 radical (unpaired) electrons. The number of carbonyl (C=O) groups excluding carboxylic acids is 1. The van der Waals surface area contributed by atoms with Crippen LogP contribution in [0.1, 0.15) is 36.2 Å². The fourth-order valence-corrected chi connectivity index (χ4v) is 1.03.